The molecule has 2 N–H and O–H groups in total. The molecule has 4 nitrogen and oxygen atoms in total. The number of hydrogen-bond acceptors (Lipinski definition) is 6. The summed E-state index contributed by atoms with van der Waals surface area (Å²) in [7, 11) is 0. The van der Waals surface area contributed by atoms with Gasteiger partial charge in [-0.15, -0.1) is 10.2 Å². The summed E-state index contributed by atoms with van der Waals surface area (Å²) in [6.07, 6.45) is -4.46. The van der Waals surface area contributed by atoms with Crippen LogP contribution in [0.15, 0.2) is 28.6 Å². The molecule has 0 unspecified atom stereocenters. The standard InChI is InChI=1S/C11H8F3N3OS2/c12-11(13,14)7-3-1-2-6(4-7)8(18)5-19-10-17-16-9(15)20-10/h1-4H,5H2,(H2,15,16). The predicted molar refractivity (Wildman–Crippen MR) is 70.8 cm³/mol. The second-order valence-corrected chi connectivity index (χ2v) is 5.93. The lowest BCUT2D eigenvalue weighted by molar-refractivity contribution is -0.137. The molecule has 20 heavy (non-hydrogen) atoms. The van der Waals surface area contributed by atoms with Gasteiger partial charge in [-0.25, -0.2) is 0 Å². The fourth-order valence-corrected chi connectivity index (χ4v) is 2.89. The molecule has 0 aliphatic rings. The number of anilines is 1. The van der Waals surface area contributed by atoms with E-state index in [1.54, 1.807) is 0 Å². The van der Waals surface area contributed by atoms with Crippen LogP contribution in [-0.4, -0.2) is 21.7 Å². The fourth-order valence-electron chi connectivity index (χ4n) is 1.36. The Hall–Kier alpha value is -1.61. The first-order valence-corrected chi connectivity index (χ1v) is 7.09. The first kappa shape index (κ1) is 14.8. The van der Waals surface area contributed by atoms with Crippen molar-refractivity contribution in [3.8, 4) is 0 Å². The summed E-state index contributed by atoms with van der Waals surface area (Å²) in [6.45, 7) is 0. The highest BCUT2D eigenvalue weighted by atomic mass is 32.2. The van der Waals surface area contributed by atoms with Crippen LogP contribution in [0.3, 0.4) is 0 Å². The molecule has 0 saturated carbocycles. The molecule has 2 aromatic rings. The molecule has 9 heteroatoms. The van der Waals surface area contributed by atoms with Crippen molar-refractivity contribution in [2.45, 2.75) is 10.5 Å². The number of ketones is 1. The minimum Gasteiger partial charge on any atom is -0.374 e. The van der Waals surface area contributed by atoms with Gasteiger partial charge in [0.25, 0.3) is 0 Å². The number of Topliss-reactive ketones (excluding diaryl/α,β-unsaturated/α-hetero) is 1. The SMILES string of the molecule is Nc1nnc(SCC(=O)c2cccc(C(F)(F)F)c2)s1. The second-order valence-electron chi connectivity index (χ2n) is 3.70. The van der Waals surface area contributed by atoms with Crippen LogP contribution in [0.1, 0.15) is 15.9 Å². The molecule has 0 aliphatic heterocycles. The van der Waals surface area contributed by atoms with Crippen molar-refractivity contribution in [2.24, 2.45) is 0 Å². The quantitative estimate of drug-likeness (QED) is 0.693. The summed E-state index contributed by atoms with van der Waals surface area (Å²) >= 11 is 2.21. The summed E-state index contributed by atoms with van der Waals surface area (Å²) in [5, 5.41) is 7.57. The Morgan fingerprint density at radius 3 is 2.70 bits per heavy atom. The molecular formula is C11H8F3N3OS2. The maximum atomic E-state index is 12.5. The molecule has 0 bridgehead atoms. The molecule has 106 valence electrons. The van der Waals surface area contributed by atoms with Gasteiger partial charge in [0.1, 0.15) is 0 Å². The predicted octanol–water partition coefficient (Wildman–Crippen LogP) is 3.11. The van der Waals surface area contributed by atoms with Gasteiger partial charge in [0.2, 0.25) is 5.13 Å². The third-order valence-corrected chi connectivity index (χ3v) is 4.15. The lowest BCUT2D eigenvalue weighted by Crippen LogP contribution is -2.08. The van der Waals surface area contributed by atoms with Crippen molar-refractivity contribution >= 4 is 34.0 Å². The van der Waals surface area contributed by atoms with Crippen LogP contribution in [0, 0.1) is 0 Å². The van der Waals surface area contributed by atoms with Crippen molar-refractivity contribution in [1.29, 1.82) is 0 Å². The number of aromatic nitrogens is 2. The first-order chi connectivity index (χ1) is 9.36. The Morgan fingerprint density at radius 2 is 2.10 bits per heavy atom. The lowest BCUT2D eigenvalue weighted by Gasteiger charge is -2.07. The van der Waals surface area contributed by atoms with E-state index in [1.807, 2.05) is 0 Å². The fraction of sp³-hybridized carbons (Fsp3) is 0.182. The average Bonchev–Trinajstić information content (AvgIpc) is 2.81. The number of rotatable bonds is 4. The maximum Gasteiger partial charge on any atom is 0.416 e. The highest BCUT2D eigenvalue weighted by molar-refractivity contribution is 8.01. The van der Waals surface area contributed by atoms with Crippen LogP contribution in [0.25, 0.3) is 0 Å². The molecular weight excluding hydrogens is 311 g/mol. The molecule has 1 aromatic heterocycles. The van der Waals surface area contributed by atoms with Crippen LogP contribution in [0.5, 0.6) is 0 Å². The van der Waals surface area contributed by atoms with E-state index < -0.39 is 17.5 Å². The topological polar surface area (TPSA) is 68.9 Å². The number of carbonyl (C=O) groups is 1. The molecule has 2 rings (SSSR count). The smallest absolute Gasteiger partial charge is 0.374 e. The van der Waals surface area contributed by atoms with E-state index in [2.05, 4.69) is 10.2 Å². The second kappa shape index (κ2) is 5.80. The van der Waals surface area contributed by atoms with Gasteiger partial charge in [-0.1, -0.05) is 35.2 Å². The number of nitrogens with zero attached hydrogens (tertiary/aromatic N) is 2. The lowest BCUT2D eigenvalue weighted by atomic mass is 10.1. The van der Waals surface area contributed by atoms with Gasteiger partial charge < -0.3 is 5.73 Å². The maximum absolute atomic E-state index is 12.5. The van der Waals surface area contributed by atoms with Gasteiger partial charge in [0, 0.05) is 5.56 Å². The normalized spacial score (nSPS) is 11.6. The van der Waals surface area contributed by atoms with Crippen molar-refractivity contribution in [3.05, 3.63) is 35.4 Å². The van der Waals surface area contributed by atoms with Gasteiger partial charge in [0.05, 0.1) is 11.3 Å². The number of thioether (sulfide) groups is 1. The summed E-state index contributed by atoms with van der Waals surface area (Å²) in [4.78, 5) is 11.8. The number of alkyl halides is 3. The van der Waals surface area contributed by atoms with Crippen LogP contribution in [0.2, 0.25) is 0 Å². The van der Waals surface area contributed by atoms with Crippen LogP contribution in [-0.2, 0) is 6.18 Å². The summed E-state index contributed by atoms with van der Waals surface area (Å²) < 4.78 is 38.1. The van der Waals surface area contributed by atoms with Crippen molar-refractivity contribution in [1.82, 2.24) is 10.2 Å². The van der Waals surface area contributed by atoms with Crippen molar-refractivity contribution < 1.29 is 18.0 Å². The van der Waals surface area contributed by atoms with E-state index in [-0.39, 0.29) is 16.4 Å². The first-order valence-electron chi connectivity index (χ1n) is 5.28. The molecule has 0 atom stereocenters. The molecule has 0 amide bonds. The minimum absolute atomic E-state index is 0.0179. The zero-order valence-electron chi connectivity index (χ0n) is 9.85. The largest absolute Gasteiger partial charge is 0.416 e. The van der Waals surface area contributed by atoms with Gasteiger partial charge >= 0.3 is 6.18 Å². The highest BCUT2D eigenvalue weighted by Crippen LogP contribution is 2.30. The van der Waals surface area contributed by atoms with Crippen LogP contribution < -0.4 is 5.73 Å². The number of carbonyl (C=O) groups excluding carboxylic acids is 1. The summed E-state index contributed by atoms with van der Waals surface area (Å²) in [5.74, 6) is -0.425. The van der Waals surface area contributed by atoms with E-state index in [0.29, 0.717) is 4.34 Å². The minimum atomic E-state index is -4.46. The number of benzene rings is 1. The van der Waals surface area contributed by atoms with Gasteiger partial charge in [-0.2, -0.15) is 13.2 Å². The molecule has 0 radical (unpaired) electrons. The zero-order chi connectivity index (χ0) is 14.8. The Kier molecular flexibility index (Phi) is 4.29. The Morgan fingerprint density at radius 1 is 1.35 bits per heavy atom. The third kappa shape index (κ3) is 3.70. The number of hydrogen-bond donors (Lipinski definition) is 1. The van der Waals surface area contributed by atoms with E-state index in [4.69, 9.17) is 5.73 Å². The van der Waals surface area contributed by atoms with Crippen LogP contribution >= 0.6 is 23.1 Å². The van der Waals surface area contributed by atoms with Crippen molar-refractivity contribution in [3.63, 3.8) is 0 Å². The zero-order valence-corrected chi connectivity index (χ0v) is 11.5. The molecule has 0 saturated heterocycles. The number of nitrogen functional groups attached to an aromatic ring is 1. The van der Waals surface area contributed by atoms with Crippen LogP contribution in [0.4, 0.5) is 18.3 Å². The Labute approximate surface area is 120 Å². The van der Waals surface area contributed by atoms with Gasteiger partial charge in [-0.3, -0.25) is 4.79 Å². The average molecular weight is 319 g/mol. The summed E-state index contributed by atoms with van der Waals surface area (Å²) in [5.41, 5.74) is 4.56. The van der Waals surface area contributed by atoms with Gasteiger partial charge in [-0.05, 0) is 12.1 Å². The molecule has 0 aliphatic carbocycles. The number of halogens is 3. The highest BCUT2D eigenvalue weighted by Gasteiger charge is 2.30. The molecule has 0 fully saturated rings. The summed E-state index contributed by atoms with van der Waals surface area (Å²) in [6, 6.07) is 4.34. The molecule has 1 heterocycles. The van der Waals surface area contributed by atoms with E-state index in [1.165, 1.54) is 12.1 Å². The van der Waals surface area contributed by atoms with Gasteiger partial charge in [0.15, 0.2) is 10.1 Å². The van der Waals surface area contributed by atoms with E-state index in [9.17, 15) is 18.0 Å². The van der Waals surface area contributed by atoms with E-state index >= 15 is 0 Å². The Bertz CT molecular complexity index is 627. The van der Waals surface area contributed by atoms with E-state index in [0.717, 1.165) is 35.2 Å². The Balaban J connectivity index is 2.06. The van der Waals surface area contributed by atoms with Crippen molar-refractivity contribution in [2.75, 3.05) is 11.5 Å². The molecule has 1 aromatic carbocycles. The third-order valence-electron chi connectivity index (χ3n) is 2.26. The monoisotopic (exact) mass is 319 g/mol. The number of nitrogens with two attached hydrogens (primary N) is 1. The molecule has 0 spiro atoms.